The van der Waals surface area contributed by atoms with Gasteiger partial charge >= 0.3 is 0 Å². The number of likely N-dealkylation sites (N-methyl/N-ethyl adjacent to an activating group) is 1. The number of hydrogen-bond donors (Lipinski definition) is 1. The van der Waals surface area contributed by atoms with Crippen molar-refractivity contribution in [3.63, 3.8) is 0 Å². The Morgan fingerprint density at radius 1 is 0.464 bits per heavy atom. The Hall–Kier alpha value is 0.400. The van der Waals surface area contributed by atoms with Crippen molar-refractivity contribution in [3.8, 4) is 0 Å². The molecule has 0 aromatic carbocycles. The van der Waals surface area contributed by atoms with Gasteiger partial charge in [-0.2, -0.15) is 0 Å². The zero-order valence-corrected chi connectivity index (χ0v) is 21.4. The van der Waals surface area contributed by atoms with E-state index in [9.17, 15) is 5.11 Å². The normalized spacial score (nSPS) is 13.3. The molecule has 0 rings (SSSR count). The Bertz CT molecular complexity index is 288. The number of rotatable bonds is 22. The number of halogens is 1. The molecule has 1 unspecified atom stereocenters. The second kappa shape index (κ2) is 23.7. The van der Waals surface area contributed by atoms with Crippen LogP contribution in [-0.2, 0) is 0 Å². The summed E-state index contributed by atoms with van der Waals surface area (Å²) in [6.45, 7) is 8.30. The van der Waals surface area contributed by atoms with E-state index >= 15 is 0 Å². The molecule has 2 nitrogen and oxygen atoms in total. The lowest BCUT2D eigenvalue weighted by molar-refractivity contribution is -0.910. The van der Waals surface area contributed by atoms with Gasteiger partial charge < -0.3 is 26.6 Å². The lowest BCUT2D eigenvalue weighted by Gasteiger charge is -2.34. The van der Waals surface area contributed by atoms with E-state index in [1.807, 2.05) is 0 Å². The van der Waals surface area contributed by atoms with Gasteiger partial charge in [0.1, 0.15) is 6.54 Å². The lowest BCUT2D eigenvalue weighted by atomic mass is 10.0. The molecule has 0 aromatic heterocycles. The quantitative estimate of drug-likeness (QED) is 0.185. The molecule has 0 saturated carbocycles. The van der Waals surface area contributed by atoms with Crippen molar-refractivity contribution in [2.45, 2.75) is 129 Å². The molecule has 1 atom stereocenters. The Kier molecular flexibility index (Phi) is 25.9. The van der Waals surface area contributed by atoms with Gasteiger partial charge in [0, 0.05) is 0 Å². The third kappa shape index (κ3) is 21.1. The largest absolute Gasteiger partial charge is 1.00 e. The molecular weight excluding hydrogens is 410 g/mol. The maximum absolute atomic E-state index is 9.32. The minimum atomic E-state index is 0. The maximum Gasteiger partial charge on any atom is 0.102 e. The number of nitrogens with zero attached hydrogens (tertiary/aromatic N) is 1. The summed E-state index contributed by atoms with van der Waals surface area (Å²) in [6, 6.07) is 0. The van der Waals surface area contributed by atoms with Crippen molar-refractivity contribution in [3.05, 3.63) is 0 Å². The first-order valence-corrected chi connectivity index (χ1v) is 12.6. The van der Waals surface area contributed by atoms with Crippen LogP contribution in [0, 0.1) is 0 Å². The Balaban J connectivity index is 0. The topological polar surface area (TPSA) is 20.2 Å². The fourth-order valence-electron chi connectivity index (χ4n) is 4.16. The van der Waals surface area contributed by atoms with Crippen LogP contribution in [0.4, 0.5) is 0 Å². The van der Waals surface area contributed by atoms with Crippen LogP contribution in [0.2, 0.25) is 0 Å². The number of aliphatic hydroxyl groups excluding tert-OH is 1. The van der Waals surface area contributed by atoms with E-state index in [2.05, 4.69) is 20.9 Å². The molecule has 1 N–H and O–H groups in total. The van der Waals surface area contributed by atoms with Gasteiger partial charge in [-0.3, -0.25) is 0 Å². The van der Waals surface area contributed by atoms with Gasteiger partial charge in [0.25, 0.3) is 0 Å². The molecule has 0 amide bonds. The molecule has 0 aliphatic heterocycles. The van der Waals surface area contributed by atoms with Crippen LogP contribution in [0.5, 0.6) is 0 Å². The van der Waals surface area contributed by atoms with Crippen LogP contribution in [-0.4, -0.2) is 42.9 Å². The summed E-state index contributed by atoms with van der Waals surface area (Å²) < 4.78 is 1.07. The third-order valence-electron chi connectivity index (χ3n) is 6.24. The van der Waals surface area contributed by atoms with Gasteiger partial charge in [-0.1, -0.05) is 110 Å². The second-order valence-corrected chi connectivity index (χ2v) is 9.17. The molecule has 0 bridgehead atoms. The predicted molar refractivity (Wildman–Crippen MR) is 122 cm³/mol. The average molecular weight is 465 g/mol. The summed E-state index contributed by atoms with van der Waals surface area (Å²) in [5, 5.41) is 9.32. The van der Waals surface area contributed by atoms with E-state index < -0.39 is 0 Å². The molecule has 172 valence electrons. The highest BCUT2D eigenvalue weighted by atomic mass is 79.9. The van der Waals surface area contributed by atoms with Crippen LogP contribution in [0.25, 0.3) is 0 Å². The summed E-state index contributed by atoms with van der Waals surface area (Å²) >= 11 is 0. The van der Waals surface area contributed by atoms with Crippen LogP contribution in [0.3, 0.4) is 0 Å². The average Bonchev–Trinajstić information content (AvgIpc) is 2.66. The van der Waals surface area contributed by atoms with Crippen molar-refractivity contribution in [1.82, 2.24) is 0 Å². The standard InChI is InChI=1S/C25H54NO.BrH/c1-4-6-8-9-10-11-12-13-14-15-16-17-18-19-20-21-23-26(3,24-25-27)22-7-5-2;/h27H,4-25H2,1-3H3;1H/q+1;/p-1. The van der Waals surface area contributed by atoms with Crippen LogP contribution in [0.15, 0.2) is 0 Å². The molecular formula is C25H54BrNO. The smallest absolute Gasteiger partial charge is 0.102 e. The highest BCUT2D eigenvalue weighted by molar-refractivity contribution is 4.50. The molecule has 0 heterocycles. The minimum absolute atomic E-state index is 0. The summed E-state index contributed by atoms with van der Waals surface area (Å²) in [5.41, 5.74) is 0. The number of quaternary nitrogens is 1. The maximum atomic E-state index is 9.32. The summed E-state index contributed by atoms with van der Waals surface area (Å²) in [5.74, 6) is 0. The first-order chi connectivity index (χ1) is 13.2. The SMILES string of the molecule is CCCCCCCCCCCCCCCCCC[N+](C)(CCO)CCCC.[Br-]. The van der Waals surface area contributed by atoms with Gasteiger partial charge in [-0.05, 0) is 19.3 Å². The van der Waals surface area contributed by atoms with Crippen molar-refractivity contribution < 1.29 is 26.6 Å². The van der Waals surface area contributed by atoms with E-state index in [1.165, 1.54) is 129 Å². The third-order valence-corrected chi connectivity index (χ3v) is 6.24. The zero-order valence-electron chi connectivity index (χ0n) is 19.8. The summed E-state index contributed by atoms with van der Waals surface area (Å²) in [4.78, 5) is 0. The molecule has 0 spiro atoms. The Morgan fingerprint density at radius 3 is 1.14 bits per heavy atom. The van der Waals surface area contributed by atoms with Crippen LogP contribution >= 0.6 is 0 Å². The van der Waals surface area contributed by atoms with Crippen molar-refractivity contribution in [2.24, 2.45) is 0 Å². The zero-order chi connectivity index (χ0) is 20.1. The van der Waals surface area contributed by atoms with E-state index in [4.69, 9.17) is 0 Å². The fraction of sp³-hybridized carbons (Fsp3) is 1.00. The highest BCUT2D eigenvalue weighted by Gasteiger charge is 2.19. The van der Waals surface area contributed by atoms with Gasteiger partial charge in [0.2, 0.25) is 0 Å². The van der Waals surface area contributed by atoms with E-state index in [0.29, 0.717) is 6.61 Å². The minimum Gasteiger partial charge on any atom is -1.00 e. The van der Waals surface area contributed by atoms with Crippen LogP contribution in [0.1, 0.15) is 129 Å². The predicted octanol–water partition coefficient (Wildman–Crippen LogP) is 4.49. The molecule has 0 radical (unpaired) electrons. The Labute approximate surface area is 189 Å². The molecule has 28 heavy (non-hydrogen) atoms. The monoisotopic (exact) mass is 463 g/mol. The van der Waals surface area contributed by atoms with Crippen molar-refractivity contribution in [2.75, 3.05) is 33.3 Å². The molecule has 0 saturated heterocycles. The molecule has 0 aromatic rings. The molecule has 3 heteroatoms. The first kappa shape index (κ1) is 30.6. The molecule has 0 aliphatic rings. The van der Waals surface area contributed by atoms with E-state index in [-0.39, 0.29) is 17.0 Å². The summed E-state index contributed by atoms with van der Waals surface area (Å²) in [7, 11) is 2.33. The number of hydrogen-bond acceptors (Lipinski definition) is 1. The Morgan fingerprint density at radius 2 is 0.786 bits per heavy atom. The van der Waals surface area contributed by atoms with E-state index in [1.54, 1.807) is 0 Å². The van der Waals surface area contributed by atoms with Gasteiger partial charge in [0.15, 0.2) is 0 Å². The van der Waals surface area contributed by atoms with Gasteiger partial charge in [-0.25, -0.2) is 0 Å². The van der Waals surface area contributed by atoms with Gasteiger partial charge in [0.05, 0.1) is 26.7 Å². The molecule has 0 aliphatic carbocycles. The second-order valence-electron chi connectivity index (χ2n) is 9.17. The molecule has 0 fully saturated rings. The lowest BCUT2D eigenvalue weighted by Crippen LogP contribution is -3.00. The highest BCUT2D eigenvalue weighted by Crippen LogP contribution is 2.15. The van der Waals surface area contributed by atoms with Gasteiger partial charge in [-0.15, -0.1) is 0 Å². The van der Waals surface area contributed by atoms with Crippen LogP contribution < -0.4 is 17.0 Å². The van der Waals surface area contributed by atoms with Crippen molar-refractivity contribution >= 4 is 0 Å². The fourth-order valence-corrected chi connectivity index (χ4v) is 4.16. The number of aliphatic hydroxyl groups is 1. The first-order valence-electron chi connectivity index (χ1n) is 12.6. The van der Waals surface area contributed by atoms with Crippen molar-refractivity contribution in [1.29, 1.82) is 0 Å². The van der Waals surface area contributed by atoms with E-state index in [0.717, 1.165) is 11.0 Å². The summed E-state index contributed by atoms with van der Waals surface area (Å²) in [6.07, 6.45) is 25.5. The number of unbranched alkanes of at least 4 members (excludes halogenated alkanes) is 16.